The summed E-state index contributed by atoms with van der Waals surface area (Å²) in [6.45, 7) is -0.338. The topological polar surface area (TPSA) is 80.6 Å². The number of aliphatic hydroxyl groups excluding tert-OH is 2. The Morgan fingerprint density at radius 2 is 2.25 bits per heavy atom. The molecule has 0 aromatic heterocycles. The van der Waals surface area contributed by atoms with Crippen LogP contribution in [-0.4, -0.2) is 28.9 Å². The molecular weight excluding hydrogens is 112 g/mol. The fourth-order valence-corrected chi connectivity index (χ4v) is 0.240. The molecule has 0 unspecified atom stereocenters. The van der Waals surface area contributed by atoms with E-state index in [9.17, 15) is 9.90 Å². The smallest absolute Gasteiger partial charge is 0.0955 e. The lowest BCUT2D eigenvalue weighted by molar-refractivity contribution is -0.315. The van der Waals surface area contributed by atoms with Gasteiger partial charge in [-0.2, -0.15) is 0 Å². The first-order chi connectivity index (χ1) is 3.68. The van der Waals surface area contributed by atoms with Crippen molar-refractivity contribution in [3.8, 4) is 0 Å². The van der Waals surface area contributed by atoms with Crippen molar-refractivity contribution in [3.63, 3.8) is 0 Å². The van der Waals surface area contributed by atoms with Crippen LogP contribution in [0, 0.1) is 0 Å². The molecule has 0 radical (unpaired) electrons. The molecule has 2 N–H and O–H groups in total. The number of rotatable bonds is 3. The Morgan fingerprint density at radius 3 is 2.38 bits per heavy atom. The molecule has 0 fully saturated rings. The molecule has 0 aliphatic carbocycles. The lowest BCUT2D eigenvalue weighted by Crippen LogP contribution is -2.35. The molecule has 4 heteroatoms. The number of carbonyl (C=O) groups is 1. The maximum Gasteiger partial charge on any atom is 0.0955 e. The van der Waals surface area contributed by atoms with Gasteiger partial charge in [0.1, 0.15) is 0 Å². The Labute approximate surface area is 46.4 Å². The third-order valence-electron chi connectivity index (χ3n) is 0.675. The normalized spacial score (nSPS) is 13.2. The Morgan fingerprint density at radius 1 is 1.75 bits per heavy atom. The average molecular weight is 119 g/mol. The molecule has 8 heavy (non-hydrogen) atoms. The predicted octanol–water partition coefficient (Wildman–Crippen LogP) is -2.52. The number of aliphatic carboxylic acids is 1. The molecule has 4 nitrogen and oxygen atoms in total. The van der Waals surface area contributed by atoms with Crippen molar-refractivity contribution in [2.45, 2.75) is 12.5 Å². The number of carbonyl (C=O) groups excluding carboxylic acids is 1. The molecule has 0 rings (SSSR count). The highest BCUT2D eigenvalue weighted by molar-refractivity contribution is 5.69. The highest BCUT2D eigenvalue weighted by Crippen LogP contribution is 1.85. The molecule has 0 amide bonds. The summed E-state index contributed by atoms with van der Waals surface area (Å²) in [5, 5.41) is 26.0. The second-order valence-electron chi connectivity index (χ2n) is 1.35. The van der Waals surface area contributed by atoms with Gasteiger partial charge in [-0.1, -0.05) is 0 Å². The van der Waals surface area contributed by atoms with Gasteiger partial charge in [0.15, 0.2) is 0 Å². The second-order valence-corrected chi connectivity index (χ2v) is 1.35. The minimum absolute atomic E-state index is 0.164. The van der Waals surface area contributed by atoms with E-state index in [-0.39, 0.29) is 13.0 Å². The molecule has 0 bridgehead atoms. The van der Waals surface area contributed by atoms with Crippen LogP contribution in [-0.2, 0) is 4.79 Å². The van der Waals surface area contributed by atoms with E-state index in [4.69, 9.17) is 10.2 Å². The van der Waals surface area contributed by atoms with E-state index < -0.39 is 12.1 Å². The van der Waals surface area contributed by atoms with Crippen molar-refractivity contribution >= 4 is 5.97 Å². The van der Waals surface area contributed by atoms with Crippen molar-refractivity contribution in [2.24, 2.45) is 0 Å². The van der Waals surface area contributed by atoms with Crippen molar-refractivity contribution in [3.05, 3.63) is 0 Å². The van der Waals surface area contributed by atoms with Crippen LogP contribution in [0.15, 0.2) is 0 Å². The van der Waals surface area contributed by atoms with Crippen LogP contribution in [0.2, 0.25) is 0 Å². The van der Waals surface area contributed by atoms with Crippen molar-refractivity contribution < 1.29 is 20.1 Å². The fraction of sp³-hybridized carbons (Fsp3) is 0.750. The standard InChI is InChI=1S/C4H8O4/c5-2-1-3(6)4(7)8/h3,5-6H,1-2H2,(H,7,8)/p-1/t3-/m0/s1. The van der Waals surface area contributed by atoms with Gasteiger partial charge in [-0.3, -0.25) is 0 Å². The molecule has 1 atom stereocenters. The lowest BCUT2D eigenvalue weighted by Gasteiger charge is -2.07. The zero-order valence-corrected chi connectivity index (χ0v) is 4.20. The van der Waals surface area contributed by atoms with Gasteiger partial charge in [-0.05, 0) is 0 Å². The highest BCUT2D eigenvalue weighted by Gasteiger charge is 2.00. The van der Waals surface area contributed by atoms with Crippen molar-refractivity contribution in [1.82, 2.24) is 0 Å². The Balaban J connectivity index is 3.32. The molecule has 0 spiro atoms. The summed E-state index contributed by atoms with van der Waals surface area (Å²) in [4.78, 5) is 9.62. The first-order valence-corrected chi connectivity index (χ1v) is 2.18. The number of aliphatic hydroxyl groups is 2. The first kappa shape index (κ1) is 7.39. The maximum atomic E-state index is 9.62. The van der Waals surface area contributed by atoms with Crippen molar-refractivity contribution in [1.29, 1.82) is 0 Å². The van der Waals surface area contributed by atoms with Crippen LogP contribution in [0.3, 0.4) is 0 Å². The predicted molar refractivity (Wildman–Crippen MR) is 22.7 cm³/mol. The molecule has 0 aliphatic heterocycles. The third kappa shape index (κ3) is 2.54. The maximum absolute atomic E-state index is 9.62. The Kier molecular flexibility index (Phi) is 3.14. The summed E-state index contributed by atoms with van der Waals surface area (Å²) in [5.41, 5.74) is 0. The van der Waals surface area contributed by atoms with E-state index in [0.717, 1.165) is 0 Å². The van der Waals surface area contributed by atoms with E-state index in [0.29, 0.717) is 0 Å². The Hall–Kier alpha value is -0.610. The molecule has 0 aromatic rings. The molecule has 0 aromatic carbocycles. The molecular formula is C4H7O4-. The number of carboxylic acids is 1. The largest absolute Gasteiger partial charge is 0.547 e. The fourth-order valence-electron chi connectivity index (χ4n) is 0.240. The summed E-state index contributed by atoms with van der Waals surface area (Å²) in [6, 6.07) is 0. The quantitative estimate of drug-likeness (QED) is 0.429. The molecule has 0 saturated carbocycles. The number of carboxylic acid groups (broad SMARTS) is 1. The van der Waals surface area contributed by atoms with Gasteiger partial charge in [-0.25, -0.2) is 0 Å². The second kappa shape index (κ2) is 3.40. The van der Waals surface area contributed by atoms with Crippen LogP contribution >= 0.6 is 0 Å². The van der Waals surface area contributed by atoms with E-state index in [1.54, 1.807) is 0 Å². The monoisotopic (exact) mass is 119 g/mol. The highest BCUT2D eigenvalue weighted by atomic mass is 16.4. The lowest BCUT2D eigenvalue weighted by atomic mass is 10.3. The van der Waals surface area contributed by atoms with Gasteiger partial charge in [-0.15, -0.1) is 0 Å². The van der Waals surface area contributed by atoms with Gasteiger partial charge in [0.25, 0.3) is 0 Å². The third-order valence-corrected chi connectivity index (χ3v) is 0.675. The van der Waals surface area contributed by atoms with E-state index in [2.05, 4.69) is 0 Å². The molecule has 0 heterocycles. The van der Waals surface area contributed by atoms with E-state index >= 15 is 0 Å². The number of hydrogen-bond donors (Lipinski definition) is 2. The van der Waals surface area contributed by atoms with Gasteiger partial charge >= 0.3 is 0 Å². The molecule has 48 valence electrons. The summed E-state index contributed by atoms with van der Waals surface area (Å²) in [5.74, 6) is -1.54. The summed E-state index contributed by atoms with van der Waals surface area (Å²) in [6.07, 6.45) is -1.69. The van der Waals surface area contributed by atoms with Crippen LogP contribution in [0.4, 0.5) is 0 Å². The first-order valence-electron chi connectivity index (χ1n) is 2.18. The molecule has 0 aliphatic rings. The van der Waals surface area contributed by atoms with Crippen LogP contribution < -0.4 is 5.11 Å². The van der Waals surface area contributed by atoms with Gasteiger partial charge < -0.3 is 20.1 Å². The van der Waals surface area contributed by atoms with Crippen LogP contribution in [0.5, 0.6) is 0 Å². The summed E-state index contributed by atoms with van der Waals surface area (Å²) in [7, 11) is 0. The van der Waals surface area contributed by atoms with Crippen LogP contribution in [0.25, 0.3) is 0 Å². The number of hydrogen-bond acceptors (Lipinski definition) is 4. The van der Waals surface area contributed by atoms with Gasteiger partial charge in [0.05, 0.1) is 12.1 Å². The van der Waals surface area contributed by atoms with Crippen LogP contribution in [0.1, 0.15) is 6.42 Å². The minimum atomic E-state index is -1.54. The van der Waals surface area contributed by atoms with Gasteiger partial charge in [0.2, 0.25) is 0 Å². The summed E-state index contributed by atoms with van der Waals surface area (Å²) >= 11 is 0. The minimum Gasteiger partial charge on any atom is -0.547 e. The zero-order valence-electron chi connectivity index (χ0n) is 4.20. The summed E-state index contributed by atoms with van der Waals surface area (Å²) < 4.78 is 0. The van der Waals surface area contributed by atoms with E-state index in [1.165, 1.54) is 0 Å². The van der Waals surface area contributed by atoms with Crippen molar-refractivity contribution in [2.75, 3.05) is 6.61 Å². The molecule has 0 saturated heterocycles. The average Bonchev–Trinajstić information content (AvgIpc) is 1.67. The Bertz CT molecular complexity index is 80.1. The van der Waals surface area contributed by atoms with E-state index in [1.807, 2.05) is 0 Å². The SMILES string of the molecule is O=C([O-])[C@@H](O)CCO. The zero-order chi connectivity index (χ0) is 6.57. The van der Waals surface area contributed by atoms with Gasteiger partial charge in [0, 0.05) is 13.0 Å².